The second kappa shape index (κ2) is 5.35. The summed E-state index contributed by atoms with van der Waals surface area (Å²) in [7, 11) is 0. The quantitative estimate of drug-likeness (QED) is 0.927. The van der Waals surface area contributed by atoms with Crippen LogP contribution in [0.25, 0.3) is 5.69 Å². The summed E-state index contributed by atoms with van der Waals surface area (Å²) in [4.78, 5) is 4.27. The molecule has 0 aliphatic rings. The zero-order valence-electron chi connectivity index (χ0n) is 11.9. The molecule has 3 nitrogen and oxygen atoms in total. The molecule has 0 aliphatic heterocycles. The second-order valence-electron chi connectivity index (χ2n) is 5.70. The van der Waals surface area contributed by atoms with Crippen LogP contribution < -0.4 is 5.32 Å². The first-order valence-electron chi connectivity index (χ1n) is 6.41. The van der Waals surface area contributed by atoms with E-state index in [4.69, 9.17) is 11.6 Å². The van der Waals surface area contributed by atoms with Crippen molar-refractivity contribution in [3.63, 3.8) is 0 Å². The molecule has 0 bridgehead atoms. The van der Waals surface area contributed by atoms with Crippen LogP contribution in [0, 0.1) is 6.92 Å². The Balaban J connectivity index is 2.40. The van der Waals surface area contributed by atoms with Gasteiger partial charge in [-0.25, -0.2) is 4.98 Å². The van der Waals surface area contributed by atoms with Gasteiger partial charge in [-0.05, 0) is 39.3 Å². The number of aryl methyl sites for hydroxylation is 1. The summed E-state index contributed by atoms with van der Waals surface area (Å²) in [6, 6.07) is 5.99. The lowest BCUT2D eigenvalue weighted by atomic mass is 10.1. The lowest BCUT2D eigenvalue weighted by Gasteiger charge is -2.22. The fourth-order valence-corrected chi connectivity index (χ4v) is 2.23. The number of hydrogen-bond acceptors (Lipinski definition) is 2. The average molecular weight is 278 g/mol. The zero-order chi connectivity index (χ0) is 14.0. The summed E-state index contributed by atoms with van der Waals surface area (Å²) in [5.41, 5.74) is 2.25. The van der Waals surface area contributed by atoms with Gasteiger partial charge in [-0.3, -0.25) is 0 Å². The van der Waals surface area contributed by atoms with E-state index in [2.05, 4.69) is 37.1 Å². The molecule has 0 spiro atoms. The van der Waals surface area contributed by atoms with Crippen molar-refractivity contribution in [3.8, 4) is 5.69 Å². The predicted octanol–water partition coefficient (Wildman–Crippen LogP) is 3.72. The van der Waals surface area contributed by atoms with E-state index < -0.39 is 0 Å². The van der Waals surface area contributed by atoms with Crippen LogP contribution in [-0.2, 0) is 6.54 Å². The lowest BCUT2D eigenvalue weighted by Crippen LogP contribution is -2.35. The van der Waals surface area contributed by atoms with Crippen molar-refractivity contribution < 1.29 is 0 Å². The van der Waals surface area contributed by atoms with Gasteiger partial charge >= 0.3 is 0 Å². The molecule has 0 saturated heterocycles. The first kappa shape index (κ1) is 14.1. The van der Waals surface area contributed by atoms with Gasteiger partial charge in [0.15, 0.2) is 0 Å². The largest absolute Gasteiger partial charge is 0.308 e. The number of imidazole rings is 1. The molecule has 1 aromatic carbocycles. The highest BCUT2D eigenvalue weighted by Crippen LogP contribution is 2.25. The van der Waals surface area contributed by atoms with E-state index in [1.165, 1.54) is 5.56 Å². The van der Waals surface area contributed by atoms with Crippen molar-refractivity contribution >= 4 is 11.6 Å². The van der Waals surface area contributed by atoms with Crippen LogP contribution in [0.2, 0.25) is 5.02 Å². The Hall–Kier alpha value is -1.32. The van der Waals surface area contributed by atoms with Gasteiger partial charge in [0.1, 0.15) is 5.82 Å². The number of halogens is 1. The molecule has 1 N–H and O–H groups in total. The van der Waals surface area contributed by atoms with Crippen molar-refractivity contribution in [3.05, 3.63) is 47.0 Å². The molecule has 102 valence electrons. The summed E-state index contributed by atoms with van der Waals surface area (Å²) in [6.07, 6.45) is 3.73. The van der Waals surface area contributed by atoms with Gasteiger partial charge in [0.05, 0.1) is 10.7 Å². The molecule has 1 aromatic heterocycles. The Labute approximate surface area is 119 Å². The first-order valence-corrected chi connectivity index (χ1v) is 6.79. The van der Waals surface area contributed by atoms with Crippen molar-refractivity contribution in [2.75, 3.05) is 0 Å². The summed E-state index contributed by atoms with van der Waals surface area (Å²) in [6.45, 7) is 9.21. The van der Waals surface area contributed by atoms with Crippen molar-refractivity contribution in [1.82, 2.24) is 14.9 Å². The molecule has 0 fully saturated rings. The van der Waals surface area contributed by atoms with Crippen LogP contribution in [0.15, 0.2) is 30.6 Å². The maximum atomic E-state index is 6.37. The van der Waals surface area contributed by atoms with Gasteiger partial charge in [-0.15, -0.1) is 0 Å². The van der Waals surface area contributed by atoms with Crippen LogP contribution >= 0.6 is 11.6 Å². The number of rotatable bonds is 3. The summed E-state index contributed by atoms with van der Waals surface area (Å²) >= 11 is 6.37. The third-order valence-corrected chi connectivity index (χ3v) is 3.25. The highest BCUT2D eigenvalue weighted by atomic mass is 35.5. The molecule has 0 aliphatic carbocycles. The smallest absolute Gasteiger partial charge is 0.110 e. The molecule has 0 saturated carbocycles. The van der Waals surface area contributed by atoms with Crippen molar-refractivity contribution in [2.45, 2.75) is 39.8 Å². The van der Waals surface area contributed by atoms with Crippen molar-refractivity contribution in [2.24, 2.45) is 0 Å². The third-order valence-electron chi connectivity index (χ3n) is 2.95. The number of nitrogens with zero attached hydrogens (tertiary/aromatic N) is 2. The van der Waals surface area contributed by atoms with Crippen LogP contribution in [0.4, 0.5) is 0 Å². The van der Waals surface area contributed by atoms with E-state index in [1.807, 2.05) is 29.8 Å². The summed E-state index contributed by atoms with van der Waals surface area (Å²) < 4.78 is 2.03. The Kier molecular flexibility index (Phi) is 3.97. The molecule has 2 rings (SSSR count). The minimum atomic E-state index is 0.0730. The minimum Gasteiger partial charge on any atom is -0.308 e. The van der Waals surface area contributed by atoms with Gasteiger partial charge in [0.25, 0.3) is 0 Å². The Morgan fingerprint density at radius 1 is 1.32 bits per heavy atom. The summed E-state index contributed by atoms with van der Waals surface area (Å²) in [5.74, 6) is 0.935. The van der Waals surface area contributed by atoms with Gasteiger partial charge in [0, 0.05) is 24.5 Å². The van der Waals surface area contributed by atoms with Gasteiger partial charge < -0.3 is 9.88 Å². The maximum absolute atomic E-state index is 6.37. The van der Waals surface area contributed by atoms with Crippen LogP contribution in [0.3, 0.4) is 0 Å². The molecule has 2 aromatic rings. The fourth-order valence-electron chi connectivity index (χ4n) is 1.95. The number of para-hydroxylation sites is 1. The number of hydrogen-bond donors (Lipinski definition) is 1. The van der Waals surface area contributed by atoms with Crippen LogP contribution in [0.1, 0.15) is 32.2 Å². The highest BCUT2D eigenvalue weighted by molar-refractivity contribution is 6.32. The number of benzene rings is 1. The first-order chi connectivity index (χ1) is 8.88. The van der Waals surface area contributed by atoms with Crippen LogP contribution in [-0.4, -0.2) is 15.1 Å². The van der Waals surface area contributed by atoms with Gasteiger partial charge in [-0.1, -0.05) is 23.7 Å². The topological polar surface area (TPSA) is 29.9 Å². The van der Waals surface area contributed by atoms with Gasteiger partial charge in [0.2, 0.25) is 0 Å². The SMILES string of the molecule is Cc1nccn1-c1c(Cl)cccc1CNC(C)(C)C. The minimum absolute atomic E-state index is 0.0730. The Bertz CT molecular complexity index is 567. The van der Waals surface area contributed by atoms with E-state index in [1.54, 1.807) is 6.20 Å². The zero-order valence-corrected chi connectivity index (χ0v) is 12.6. The second-order valence-corrected chi connectivity index (χ2v) is 6.10. The molecule has 1 heterocycles. The van der Waals surface area contributed by atoms with E-state index in [9.17, 15) is 0 Å². The van der Waals surface area contributed by atoms with E-state index in [0.29, 0.717) is 0 Å². The van der Waals surface area contributed by atoms with Crippen molar-refractivity contribution in [1.29, 1.82) is 0 Å². The molecule has 4 heteroatoms. The molecule has 0 radical (unpaired) electrons. The highest BCUT2D eigenvalue weighted by Gasteiger charge is 2.14. The third kappa shape index (κ3) is 3.37. The van der Waals surface area contributed by atoms with Gasteiger partial charge in [-0.2, -0.15) is 0 Å². The molecule has 0 amide bonds. The molecular formula is C15H20ClN3. The molecule has 0 atom stereocenters. The predicted molar refractivity (Wildman–Crippen MR) is 79.9 cm³/mol. The van der Waals surface area contributed by atoms with E-state index >= 15 is 0 Å². The molecule has 0 unspecified atom stereocenters. The molecule has 19 heavy (non-hydrogen) atoms. The van der Waals surface area contributed by atoms with Crippen LogP contribution in [0.5, 0.6) is 0 Å². The lowest BCUT2D eigenvalue weighted by molar-refractivity contribution is 0.424. The summed E-state index contributed by atoms with van der Waals surface area (Å²) in [5, 5.41) is 4.24. The van der Waals surface area contributed by atoms with E-state index in [0.717, 1.165) is 23.1 Å². The number of aromatic nitrogens is 2. The van der Waals surface area contributed by atoms with E-state index in [-0.39, 0.29) is 5.54 Å². The fraction of sp³-hybridized carbons (Fsp3) is 0.400. The standard InChI is InChI=1S/C15H20ClN3/c1-11-17-8-9-19(11)14-12(6-5-7-13(14)16)10-18-15(2,3)4/h5-9,18H,10H2,1-4H3. The molecular weight excluding hydrogens is 258 g/mol. The Morgan fingerprint density at radius 2 is 2.05 bits per heavy atom. The average Bonchev–Trinajstić information content (AvgIpc) is 2.72. The normalized spacial score (nSPS) is 11.8. The monoisotopic (exact) mass is 277 g/mol. The Morgan fingerprint density at radius 3 is 2.63 bits per heavy atom. The maximum Gasteiger partial charge on any atom is 0.110 e. The number of nitrogens with one attached hydrogen (secondary N) is 1.